The van der Waals surface area contributed by atoms with Crippen molar-refractivity contribution in [2.75, 3.05) is 6.54 Å². The number of hydrogen-bond acceptors (Lipinski definition) is 2. The number of halogens is 4. The van der Waals surface area contributed by atoms with Gasteiger partial charge in [0.05, 0.1) is 5.56 Å². The van der Waals surface area contributed by atoms with Crippen molar-refractivity contribution in [3.05, 3.63) is 64.7 Å². The van der Waals surface area contributed by atoms with Gasteiger partial charge in [-0.1, -0.05) is 29.8 Å². The molecular formula is C15H13ClF3NO. The molecular weight excluding hydrogens is 303 g/mol. The quantitative estimate of drug-likeness (QED) is 0.905. The van der Waals surface area contributed by atoms with Gasteiger partial charge < -0.3 is 10.5 Å². The van der Waals surface area contributed by atoms with Gasteiger partial charge in [0.15, 0.2) is 0 Å². The summed E-state index contributed by atoms with van der Waals surface area (Å²) in [4.78, 5) is 0. The number of alkyl halides is 3. The van der Waals surface area contributed by atoms with Crippen LogP contribution in [0.15, 0.2) is 48.5 Å². The highest BCUT2D eigenvalue weighted by Crippen LogP contribution is 2.32. The molecule has 0 aliphatic heterocycles. The van der Waals surface area contributed by atoms with Crippen molar-refractivity contribution in [2.24, 2.45) is 5.73 Å². The zero-order valence-electron chi connectivity index (χ0n) is 10.9. The Bertz CT molecular complexity index is 616. The first-order valence-corrected chi connectivity index (χ1v) is 6.57. The van der Waals surface area contributed by atoms with Crippen LogP contribution in [0.4, 0.5) is 13.2 Å². The molecule has 0 radical (unpaired) electrons. The zero-order valence-corrected chi connectivity index (χ0v) is 11.7. The summed E-state index contributed by atoms with van der Waals surface area (Å²) in [6.07, 6.45) is -4.97. The predicted molar refractivity (Wildman–Crippen MR) is 75.3 cm³/mol. The molecule has 0 heterocycles. The van der Waals surface area contributed by atoms with Gasteiger partial charge >= 0.3 is 6.18 Å². The summed E-state index contributed by atoms with van der Waals surface area (Å²) in [5.74, 6) is 0.111. The Kier molecular flexibility index (Phi) is 4.75. The van der Waals surface area contributed by atoms with E-state index in [0.29, 0.717) is 10.6 Å². The fraction of sp³-hybridized carbons (Fsp3) is 0.200. The molecule has 0 aliphatic carbocycles. The second-order valence-corrected chi connectivity index (χ2v) is 4.86. The number of ether oxygens (including phenoxy) is 1. The van der Waals surface area contributed by atoms with Gasteiger partial charge in [0.25, 0.3) is 0 Å². The summed E-state index contributed by atoms with van der Waals surface area (Å²) in [6.45, 7) is 0.122. The molecule has 0 aromatic heterocycles. The lowest BCUT2D eigenvalue weighted by atomic mass is 10.1. The molecule has 2 aromatic carbocycles. The summed E-state index contributed by atoms with van der Waals surface area (Å²) in [7, 11) is 0. The number of hydrogen-bond donors (Lipinski definition) is 1. The Balaban J connectivity index is 2.23. The van der Waals surface area contributed by atoms with Gasteiger partial charge in [0.1, 0.15) is 11.9 Å². The number of benzene rings is 2. The molecule has 2 aromatic rings. The minimum Gasteiger partial charge on any atom is -0.484 e. The molecule has 112 valence electrons. The second-order valence-electron chi connectivity index (χ2n) is 4.42. The average molecular weight is 316 g/mol. The predicted octanol–water partition coefficient (Wildman–Crippen LogP) is 4.44. The van der Waals surface area contributed by atoms with E-state index in [-0.39, 0.29) is 12.3 Å². The molecule has 0 spiro atoms. The van der Waals surface area contributed by atoms with E-state index in [1.807, 2.05) is 0 Å². The van der Waals surface area contributed by atoms with E-state index in [0.717, 1.165) is 12.1 Å². The van der Waals surface area contributed by atoms with Crippen LogP contribution in [0.3, 0.4) is 0 Å². The Hall–Kier alpha value is -1.72. The Morgan fingerprint density at radius 1 is 1.10 bits per heavy atom. The van der Waals surface area contributed by atoms with Crippen molar-refractivity contribution >= 4 is 11.6 Å². The van der Waals surface area contributed by atoms with Crippen LogP contribution in [-0.4, -0.2) is 6.54 Å². The van der Waals surface area contributed by atoms with Crippen LogP contribution in [0, 0.1) is 0 Å². The maximum Gasteiger partial charge on any atom is 0.416 e. The monoisotopic (exact) mass is 315 g/mol. The van der Waals surface area contributed by atoms with E-state index < -0.39 is 17.8 Å². The number of rotatable bonds is 4. The maximum atomic E-state index is 12.7. The van der Waals surface area contributed by atoms with Crippen LogP contribution < -0.4 is 10.5 Å². The fourth-order valence-electron chi connectivity index (χ4n) is 1.87. The Labute approximate surface area is 125 Å². The molecule has 0 saturated carbocycles. The lowest BCUT2D eigenvalue weighted by Crippen LogP contribution is -2.18. The summed E-state index contributed by atoms with van der Waals surface area (Å²) in [5.41, 5.74) is 5.58. The van der Waals surface area contributed by atoms with E-state index in [2.05, 4.69) is 0 Å². The molecule has 0 saturated heterocycles. The van der Waals surface area contributed by atoms with E-state index in [4.69, 9.17) is 22.1 Å². The summed E-state index contributed by atoms with van der Waals surface area (Å²) >= 11 is 5.89. The molecule has 0 amide bonds. The van der Waals surface area contributed by atoms with Gasteiger partial charge in [-0.05, 0) is 35.9 Å². The van der Waals surface area contributed by atoms with Gasteiger partial charge in [-0.25, -0.2) is 0 Å². The summed E-state index contributed by atoms with van der Waals surface area (Å²) < 4.78 is 43.6. The Morgan fingerprint density at radius 3 is 2.43 bits per heavy atom. The molecule has 6 heteroatoms. The van der Waals surface area contributed by atoms with Crippen molar-refractivity contribution in [3.8, 4) is 5.75 Å². The fourth-order valence-corrected chi connectivity index (χ4v) is 2.07. The van der Waals surface area contributed by atoms with Crippen molar-refractivity contribution in [1.82, 2.24) is 0 Å². The van der Waals surface area contributed by atoms with Crippen molar-refractivity contribution in [3.63, 3.8) is 0 Å². The third-order valence-electron chi connectivity index (χ3n) is 2.87. The van der Waals surface area contributed by atoms with Crippen LogP contribution in [0.25, 0.3) is 0 Å². The first-order valence-electron chi connectivity index (χ1n) is 6.19. The highest BCUT2D eigenvalue weighted by molar-refractivity contribution is 6.30. The van der Waals surface area contributed by atoms with E-state index >= 15 is 0 Å². The van der Waals surface area contributed by atoms with Gasteiger partial charge in [-0.15, -0.1) is 0 Å². The van der Waals surface area contributed by atoms with E-state index in [1.54, 1.807) is 24.3 Å². The van der Waals surface area contributed by atoms with Crippen LogP contribution in [0.1, 0.15) is 17.2 Å². The first-order chi connectivity index (χ1) is 9.90. The molecule has 0 aliphatic rings. The molecule has 21 heavy (non-hydrogen) atoms. The molecule has 2 rings (SSSR count). The van der Waals surface area contributed by atoms with Crippen LogP contribution in [0.2, 0.25) is 5.02 Å². The van der Waals surface area contributed by atoms with Gasteiger partial charge in [-0.3, -0.25) is 0 Å². The Morgan fingerprint density at radius 2 is 1.81 bits per heavy atom. The third-order valence-corrected chi connectivity index (χ3v) is 3.11. The minimum atomic E-state index is -4.41. The SMILES string of the molecule is NCC(Oc1cccc(C(F)(F)F)c1)c1cccc(Cl)c1. The van der Waals surface area contributed by atoms with Gasteiger partial charge in [-0.2, -0.15) is 13.2 Å². The maximum absolute atomic E-state index is 12.7. The van der Waals surface area contributed by atoms with Crippen LogP contribution in [-0.2, 0) is 6.18 Å². The molecule has 2 N–H and O–H groups in total. The summed E-state index contributed by atoms with van der Waals surface area (Å²) in [5, 5.41) is 0.513. The lowest BCUT2D eigenvalue weighted by Gasteiger charge is -2.19. The molecule has 0 bridgehead atoms. The van der Waals surface area contributed by atoms with Crippen molar-refractivity contribution < 1.29 is 17.9 Å². The molecule has 2 nitrogen and oxygen atoms in total. The zero-order chi connectivity index (χ0) is 15.5. The van der Waals surface area contributed by atoms with E-state index in [9.17, 15) is 13.2 Å². The molecule has 0 fully saturated rings. The highest BCUT2D eigenvalue weighted by atomic mass is 35.5. The second kappa shape index (κ2) is 6.37. The van der Waals surface area contributed by atoms with Gasteiger partial charge in [0, 0.05) is 11.6 Å². The minimum absolute atomic E-state index is 0.111. The third kappa shape index (κ3) is 4.12. The highest BCUT2D eigenvalue weighted by Gasteiger charge is 2.30. The van der Waals surface area contributed by atoms with Crippen molar-refractivity contribution in [2.45, 2.75) is 12.3 Å². The van der Waals surface area contributed by atoms with Crippen LogP contribution >= 0.6 is 11.6 Å². The molecule has 1 atom stereocenters. The average Bonchev–Trinajstić information content (AvgIpc) is 2.44. The first kappa shape index (κ1) is 15.7. The number of nitrogens with two attached hydrogens (primary N) is 1. The standard InChI is InChI=1S/C15H13ClF3NO/c16-12-5-1-3-10(7-12)14(9-20)21-13-6-2-4-11(8-13)15(17,18)19/h1-8,14H,9,20H2. The normalized spacial score (nSPS) is 13.0. The van der Waals surface area contributed by atoms with E-state index in [1.165, 1.54) is 12.1 Å². The topological polar surface area (TPSA) is 35.2 Å². The molecule has 1 unspecified atom stereocenters. The van der Waals surface area contributed by atoms with Crippen molar-refractivity contribution in [1.29, 1.82) is 0 Å². The largest absolute Gasteiger partial charge is 0.484 e. The van der Waals surface area contributed by atoms with Crippen LogP contribution in [0.5, 0.6) is 5.75 Å². The lowest BCUT2D eigenvalue weighted by molar-refractivity contribution is -0.137. The smallest absolute Gasteiger partial charge is 0.416 e. The van der Waals surface area contributed by atoms with Gasteiger partial charge in [0.2, 0.25) is 0 Å². The summed E-state index contributed by atoms with van der Waals surface area (Å²) in [6, 6.07) is 11.6.